The minimum atomic E-state index is -0.230. The highest BCUT2D eigenvalue weighted by molar-refractivity contribution is 5.74. The third-order valence-corrected chi connectivity index (χ3v) is 5.05. The monoisotopic (exact) mass is 360 g/mol. The molecule has 3 heterocycles. The van der Waals surface area contributed by atoms with Crippen LogP contribution in [0.3, 0.4) is 0 Å². The Morgan fingerprint density at radius 2 is 1.93 bits per heavy atom. The highest BCUT2D eigenvalue weighted by atomic mass is 15.3. The lowest BCUT2D eigenvalue weighted by Crippen LogP contribution is -2.51. The Bertz CT molecular complexity index is 973. The SMILES string of the molecule is C=C1Nc2cnc(-n3ccnc3-c3ccccc3)nc2N(CCC)C1(C)C. The summed E-state index contributed by atoms with van der Waals surface area (Å²) in [5.41, 5.74) is 2.64. The Morgan fingerprint density at radius 3 is 2.67 bits per heavy atom. The lowest BCUT2D eigenvalue weighted by atomic mass is 9.95. The first-order chi connectivity index (χ1) is 13.0. The maximum Gasteiger partial charge on any atom is 0.237 e. The number of benzene rings is 1. The number of nitrogens with one attached hydrogen (secondary N) is 1. The second kappa shape index (κ2) is 6.54. The number of imidazole rings is 1. The molecule has 2 aromatic heterocycles. The van der Waals surface area contributed by atoms with Crippen LogP contribution in [0.4, 0.5) is 11.5 Å². The zero-order valence-corrected chi connectivity index (χ0v) is 16.0. The zero-order valence-electron chi connectivity index (χ0n) is 16.0. The zero-order chi connectivity index (χ0) is 19.0. The second-order valence-electron chi connectivity index (χ2n) is 7.21. The molecule has 0 spiro atoms. The lowest BCUT2D eigenvalue weighted by molar-refractivity contribution is 0.515. The summed E-state index contributed by atoms with van der Waals surface area (Å²) in [7, 11) is 0. The maximum absolute atomic E-state index is 4.91. The smallest absolute Gasteiger partial charge is 0.237 e. The fraction of sp³-hybridized carbons (Fsp3) is 0.286. The molecule has 0 aliphatic carbocycles. The molecular formula is C21H24N6. The van der Waals surface area contributed by atoms with E-state index in [0.29, 0.717) is 5.95 Å². The average Bonchev–Trinajstić information content (AvgIpc) is 3.16. The molecular weight excluding hydrogens is 336 g/mol. The fourth-order valence-electron chi connectivity index (χ4n) is 3.39. The number of hydrogen-bond donors (Lipinski definition) is 1. The van der Waals surface area contributed by atoms with Crippen LogP contribution in [-0.4, -0.2) is 31.6 Å². The van der Waals surface area contributed by atoms with Gasteiger partial charge in [-0.3, -0.25) is 4.57 Å². The van der Waals surface area contributed by atoms with Gasteiger partial charge in [0, 0.05) is 30.2 Å². The number of hydrogen-bond acceptors (Lipinski definition) is 5. The van der Waals surface area contributed by atoms with E-state index in [1.54, 1.807) is 6.20 Å². The molecule has 0 saturated heterocycles. The minimum absolute atomic E-state index is 0.230. The maximum atomic E-state index is 4.91. The average molecular weight is 360 g/mol. The van der Waals surface area contributed by atoms with Crippen LogP contribution in [0.25, 0.3) is 17.3 Å². The molecule has 0 radical (unpaired) electrons. The molecule has 1 aromatic carbocycles. The molecule has 4 rings (SSSR count). The number of fused-ring (bicyclic) bond motifs is 1. The van der Waals surface area contributed by atoms with Crippen molar-refractivity contribution in [3.05, 3.63) is 61.2 Å². The quantitative estimate of drug-likeness (QED) is 0.753. The lowest BCUT2D eigenvalue weighted by Gasteiger charge is -2.45. The summed E-state index contributed by atoms with van der Waals surface area (Å²) in [6.45, 7) is 11.6. The number of nitrogens with zero attached hydrogens (tertiary/aromatic N) is 5. The highest BCUT2D eigenvalue weighted by Gasteiger charge is 2.37. The van der Waals surface area contributed by atoms with Crippen molar-refractivity contribution in [2.24, 2.45) is 0 Å². The normalized spacial score (nSPS) is 15.4. The Kier molecular flexibility index (Phi) is 4.18. The Labute approximate surface area is 159 Å². The van der Waals surface area contributed by atoms with E-state index in [-0.39, 0.29) is 5.54 Å². The molecule has 0 bridgehead atoms. The van der Waals surface area contributed by atoms with Gasteiger partial charge in [0.2, 0.25) is 5.95 Å². The highest BCUT2D eigenvalue weighted by Crippen LogP contribution is 2.39. The largest absolute Gasteiger partial charge is 0.353 e. The van der Waals surface area contributed by atoms with Crippen LogP contribution >= 0.6 is 0 Å². The standard InChI is InChI=1S/C21H24N6/c1-5-12-27-19-17(24-15(2)21(27,3)4)14-23-20(25-19)26-13-11-22-18(26)16-9-7-6-8-10-16/h6-11,13-14,24H,2,5,12H2,1,3-4H3. The minimum Gasteiger partial charge on any atom is -0.353 e. The van der Waals surface area contributed by atoms with Crippen molar-refractivity contribution in [1.82, 2.24) is 19.5 Å². The van der Waals surface area contributed by atoms with Crippen molar-refractivity contribution >= 4 is 11.5 Å². The summed E-state index contributed by atoms with van der Waals surface area (Å²) < 4.78 is 1.93. The van der Waals surface area contributed by atoms with Crippen molar-refractivity contribution in [1.29, 1.82) is 0 Å². The van der Waals surface area contributed by atoms with Gasteiger partial charge in [0.15, 0.2) is 5.82 Å². The summed E-state index contributed by atoms with van der Waals surface area (Å²) >= 11 is 0. The molecule has 0 unspecified atom stereocenters. The summed E-state index contributed by atoms with van der Waals surface area (Å²) in [5.74, 6) is 2.33. The number of anilines is 2. The van der Waals surface area contributed by atoms with Crippen LogP contribution in [0.1, 0.15) is 27.2 Å². The van der Waals surface area contributed by atoms with Crippen molar-refractivity contribution in [3.63, 3.8) is 0 Å². The van der Waals surface area contributed by atoms with Gasteiger partial charge in [-0.15, -0.1) is 0 Å². The Morgan fingerprint density at radius 1 is 1.15 bits per heavy atom. The second-order valence-corrected chi connectivity index (χ2v) is 7.21. The van der Waals surface area contributed by atoms with Crippen LogP contribution in [0, 0.1) is 0 Å². The van der Waals surface area contributed by atoms with Gasteiger partial charge in [0.25, 0.3) is 0 Å². The number of rotatable bonds is 4. The van der Waals surface area contributed by atoms with Crippen LogP contribution < -0.4 is 10.2 Å². The van der Waals surface area contributed by atoms with E-state index < -0.39 is 0 Å². The van der Waals surface area contributed by atoms with Gasteiger partial charge in [0.05, 0.1) is 11.7 Å². The molecule has 27 heavy (non-hydrogen) atoms. The molecule has 6 heteroatoms. The van der Waals surface area contributed by atoms with Gasteiger partial charge in [-0.1, -0.05) is 43.8 Å². The van der Waals surface area contributed by atoms with Crippen molar-refractivity contribution in [3.8, 4) is 17.3 Å². The van der Waals surface area contributed by atoms with Gasteiger partial charge in [-0.25, -0.2) is 9.97 Å². The van der Waals surface area contributed by atoms with Gasteiger partial charge in [0.1, 0.15) is 11.5 Å². The molecule has 3 aromatic rings. The molecule has 1 N–H and O–H groups in total. The van der Waals surface area contributed by atoms with E-state index in [4.69, 9.17) is 4.98 Å². The summed E-state index contributed by atoms with van der Waals surface area (Å²) in [5, 5.41) is 3.37. The molecule has 138 valence electrons. The predicted octanol–water partition coefficient (Wildman–Crippen LogP) is 4.26. The molecule has 0 saturated carbocycles. The van der Waals surface area contributed by atoms with Gasteiger partial charge < -0.3 is 10.2 Å². The fourth-order valence-corrected chi connectivity index (χ4v) is 3.39. The van der Waals surface area contributed by atoms with Gasteiger partial charge in [-0.05, 0) is 20.3 Å². The van der Waals surface area contributed by atoms with Crippen LogP contribution in [-0.2, 0) is 0 Å². The molecule has 0 amide bonds. The van der Waals surface area contributed by atoms with E-state index in [1.165, 1.54) is 0 Å². The Hall–Kier alpha value is -3.15. The summed E-state index contributed by atoms with van der Waals surface area (Å²) in [6, 6.07) is 10.1. The summed E-state index contributed by atoms with van der Waals surface area (Å²) in [6.07, 6.45) is 6.53. The predicted molar refractivity (Wildman–Crippen MR) is 109 cm³/mol. The number of aromatic nitrogens is 4. The molecule has 0 atom stereocenters. The van der Waals surface area contributed by atoms with E-state index >= 15 is 0 Å². The first-order valence-corrected chi connectivity index (χ1v) is 9.22. The van der Waals surface area contributed by atoms with Crippen LogP contribution in [0.15, 0.2) is 61.2 Å². The molecule has 6 nitrogen and oxygen atoms in total. The van der Waals surface area contributed by atoms with E-state index in [9.17, 15) is 0 Å². The molecule has 1 aliphatic rings. The first-order valence-electron chi connectivity index (χ1n) is 9.22. The summed E-state index contributed by atoms with van der Waals surface area (Å²) in [4.78, 5) is 16.3. The van der Waals surface area contributed by atoms with Crippen LogP contribution in [0.2, 0.25) is 0 Å². The van der Waals surface area contributed by atoms with Crippen LogP contribution in [0.5, 0.6) is 0 Å². The Balaban J connectivity index is 1.82. The van der Waals surface area contributed by atoms with E-state index in [0.717, 1.165) is 41.6 Å². The molecule has 0 fully saturated rings. The first kappa shape index (κ1) is 17.3. The van der Waals surface area contributed by atoms with E-state index in [2.05, 4.69) is 47.5 Å². The third kappa shape index (κ3) is 2.87. The molecule has 1 aliphatic heterocycles. The van der Waals surface area contributed by atoms with Crippen molar-refractivity contribution in [2.75, 3.05) is 16.8 Å². The van der Waals surface area contributed by atoms with Crippen molar-refractivity contribution < 1.29 is 0 Å². The third-order valence-electron chi connectivity index (χ3n) is 5.05. The van der Waals surface area contributed by atoms with Gasteiger partial charge in [-0.2, -0.15) is 4.98 Å². The van der Waals surface area contributed by atoms with Gasteiger partial charge >= 0.3 is 0 Å². The van der Waals surface area contributed by atoms with E-state index in [1.807, 2.05) is 47.3 Å². The topological polar surface area (TPSA) is 58.9 Å². The van der Waals surface area contributed by atoms with Crippen molar-refractivity contribution in [2.45, 2.75) is 32.7 Å².